The number of carbonyl (C=O) groups is 2. The van der Waals surface area contributed by atoms with Gasteiger partial charge in [-0.2, -0.15) is 0 Å². The fraction of sp³-hybridized carbons (Fsp3) is 0.778. The summed E-state index contributed by atoms with van der Waals surface area (Å²) in [5.74, 6) is -1.89. The fourth-order valence-corrected chi connectivity index (χ4v) is 1.79. The first-order valence-electron chi connectivity index (χ1n) is 5.03. The Labute approximate surface area is 92.9 Å². The van der Waals surface area contributed by atoms with Crippen molar-refractivity contribution in [1.82, 2.24) is 9.80 Å². The Morgan fingerprint density at radius 2 is 1.38 bits per heavy atom. The van der Waals surface area contributed by atoms with Crippen LogP contribution in [0.15, 0.2) is 0 Å². The van der Waals surface area contributed by atoms with E-state index >= 15 is 0 Å². The smallest absolute Gasteiger partial charge is 0.317 e. The predicted molar refractivity (Wildman–Crippen MR) is 54.2 cm³/mol. The van der Waals surface area contributed by atoms with Gasteiger partial charge in [0.25, 0.3) is 0 Å². The molecule has 0 saturated carbocycles. The number of hydrogen-bond acceptors (Lipinski definition) is 5. The molecule has 1 aliphatic rings. The number of carboxylic acid groups (broad SMARTS) is 2. The highest BCUT2D eigenvalue weighted by Crippen LogP contribution is 2.03. The van der Waals surface area contributed by atoms with Crippen LogP contribution in [0.5, 0.6) is 0 Å². The van der Waals surface area contributed by atoms with E-state index in [1.54, 1.807) is 9.80 Å². The zero-order chi connectivity index (χ0) is 12.1. The van der Waals surface area contributed by atoms with Gasteiger partial charge in [-0.15, -0.1) is 0 Å². The highest BCUT2D eigenvalue weighted by Gasteiger charge is 2.23. The topological polar surface area (TPSA) is 101 Å². The average molecular weight is 232 g/mol. The Bertz CT molecular complexity index is 245. The lowest BCUT2D eigenvalue weighted by molar-refractivity contribution is -0.139. The van der Waals surface area contributed by atoms with Crippen LogP contribution in [0.3, 0.4) is 0 Å². The molecule has 1 fully saturated rings. The molecule has 0 radical (unpaired) electrons. The van der Waals surface area contributed by atoms with E-state index in [-0.39, 0.29) is 26.2 Å². The second-order valence-corrected chi connectivity index (χ2v) is 3.91. The molecule has 0 aromatic heterocycles. The van der Waals surface area contributed by atoms with E-state index < -0.39 is 18.0 Å². The predicted octanol–water partition coefficient (Wildman–Crippen LogP) is -1.87. The summed E-state index contributed by atoms with van der Waals surface area (Å²) in [7, 11) is 0. The maximum absolute atomic E-state index is 10.5. The van der Waals surface area contributed by atoms with Crippen molar-refractivity contribution in [2.24, 2.45) is 0 Å². The fourth-order valence-electron chi connectivity index (χ4n) is 1.79. The van der Waals surface area contributed by atoms with Crippen LogP contribution >= 0.6 is 0 Å². The van der Waals surface area contributed by atoms with Gasteiger partial charge in [-0.25, -0.2) is 0 Å². The van der Waals surface area contributed by atoms with Gasteiger partial charge >= 0.3 is 11.9 Å². The van der Waals surface area contributed by atoms with Crippen LogP contribution in [-0.4, -0.2) is 82.4 Å². The van der Waals surface area contributed by atoms with Crippen molar-refractivity contribution in [3.8, 4) is 0 Å². The third-order valence-corrected chi connectivity index (χ3v) is 2.39. The number of aliphatic carboxylic acids is 2. The zero-order valence-corrected chi connectivity index (χ0v) is 8.87. The molecule has 0 bridgehead atoms. The van der Waals surface area contributed by atoms with Crippen LogP contribution in [0.1, 0.15) is 0 Å². The minimum absolute atomic E-state index is 0.127. The normalized spacial score (nSPS) is 20.6. The van der Waals surface area contributed by atoms with Crippen molar-refractivity contribution in [3.05, 3.63) is 0 Å². The monoisotopic (exact) mass is 232 g/mol. The van der Waals surface area contributed by atoms with Crippen molar-refractivity contribution >= 4 is 11.9 Å². The molecule has 1 rings (SSSR count). The Morgan fingerprint density at radius 3 is 1.69 bits per heavy atom. The molecule has 92 valence electrons. The number of nitrogens with zero attached hydrogens (tertiary/aromatic N) is 2. The minimum Gasteiger partial charge on any atom is -0.480 e. The largest absolute Gasteiger partial charge is 0.480 e. The Morgan fingerprint density at radius 1 is 1.00 bits per heavy atom. The van der Waals surface area contributed by atoms with Gasteiger partial charge < -0.3 is 15.3 Å². The van der Waals surface area contributed by atoms with E-state index in [1.165, 1.54) is 0 Å². The summed E-state index contributed by atoms with van der Waals surface area (Å²) in [6.07, 6.45) is -0.707. The van der Waals surface area contributed by atoms with Crippen LogP contribution in [0.2, 0.25) is 0 Å². The van der Waals surface area contributed by atoms with Gasteiger partial charge in [0.15, 0.2) is 0 Å². The van der Waals surface area contributed by atoms with Crippen molar-refractivity contribution in [2.45, 2.75) is 6.10 Å². The maximum atomic E-state index is 10.5. The zero-order valence-electron chi connectivity index (χ0n) is 8.87. The van der Waals surface area contributed by atoms with E-state index in [0.717, 1.165) is 0 Å². The third-order valence-electron chi connectivity index (χ3n) is 2.39. The number of carboxylic acids is 2. The summed E-state index contributed by atoms with van der Waals surface area (Å²) < 4.78 is 0. The van der Waals surface area contributed by atoms with Gasteiger partial charge in [0.2, 0.25) is 0 Å². The molecule has 1 saturated heterocycles. The third kappa shape index (κ3) is 4.56. The number of aliphatic hydroxyl groups excluding tert-OH is 1. The first-order valence-corrected chi connectivity index (χ1v) is 5.03. The molecule has 0 aromatic carbocycles. The summed E-state index contributed by atoms with van der Waals surface area (Å²) in [6.45, 7) is 1.19. The molecule has 1 aliphatic heterocycles. The van der Waals surface area contributed by atoms with Crippen molar-refractivity contribution in [1.29, 1.82) is 0 Å². The van der Waals surface area contributed by atoms with Crippen LogP contribution in [-0.2, 0) is 9.59 Å². The molecule has 0 spiro atoms. The lowest BCUT2D eigenvalue weighted by atomic mass is 10.3. The molecule has 1 heterocycles. The van der Waals surface area contributed by atoms with Crippen LogP contribution < -0.4 is 0 Å². The molecule has 0 aliphatic carbocycles. The van der Waals surface area contributed by atoms with Gasteiger partial charge in [0.05, 0.1) is 19.2 Å². The van der Waals surface area contributed by atoms with Gasteiger partial charge in [0.1, 0.15) is 0 Å². The van der Waals surface area contributed by atoms with E-state index in [9.17, 15) is 14.7 Å². The Hall–Kier alpha value is -1.18. The number of hydrogen-bond donors (Lipinski definition) is 3. The molecule has 7 nitrogen and oxygen atoms in total. The van der Waals surface area contributed by atoms with Crippen molar-refractivity contribution in [3.63, 3.8) is 0 Å². The van der Waals surface area contributed by atoms with Gasteiger partial charge in [-0.3, -0.25) is 19.4 Å². The molecule has 3 N–H and O–H groups in total. The Kier molecular flexibility index (Phi) is 4.66. The lowest BCUT2D eigenvalue weighted by Crippen LogP contribution is -2.36. The van der Waals surface area contributed by atoms with E-state index in [2.05, 4.69) is 0 Å². The standard InChI is InChI=1S/C9H16N2O5/c12-7-3-10(5-8(13)14)1-2-11(4-7)6-9(15)16/h7,12H,1-6H2,(H,13,14)(H,15,16). The highest BCUT2D eigenvalue weighted by molar-refractivity contribution is 5.69. The summed E-state index contributed by atoms with van der Waals surface area (Å²) in [5, 5.41) is 26.8. The number of rotatable bonds is 4. The second kappa shape index (κ2) is 5.78. The first-order chi connectivity index (χ1) is 7.47. The quantitative estimate of drug-likeness (QED) is 0.522. The lowest BCUT2D eigenvalue weighted by Gasteiger charge is -2.18. The molecule has 0 aromatic rings. The molecule has 0 amide bonds. The second-order valence-electron chi connectivity index (χ2n) is 3.91. The van der Waals surface area contributed by atoms with E-state index in [4.69, 9.17) is 10.2 Å². The van der Waals surface area contributed by atoms with Crippen LogP contribution in [0.4, 0.5) is 0 Å². The summed E-state index contributed by atoms with van der Waals surface area (Å²) in [4.78, 5) is 24.2. The van der Waals surface area contributed by atoms with E-state index in [0.29, 0.717) is 13.1 Å². The first kappa shape index (κ1) is 12.9. The average Bonchev–Trinajstić information content (AvgIpc) is 2.25. The Balaban J connectivity index is 2.48. The molecular weight excluding hydrogens is 216 g/mol. The molecule has 7 heteroatoms. The van der Waals surface area contributed by atoms with Gasteiger partial charge in [-0.1, -0.05) is 0 Å². The minimum atomic E-state index is -0.945. The summed E-state index contributed by atoms with van der Waals surface area (Å²) >= 11 is 0. The van der Waals surface area contributed by atoms with Crippen molar-refractivity contribution < 1.29 is 24.9 Å². The van der Waals surface area contributed by atoms with Crippen LogP contribution in [0, 0.1) is 0 Å². The highest BCUT2D eigenvalue weighted by atomic mass is 16.4. The molecular formula is C9H16N2O5. The van der Waals surface area contributed by atoms with E-state index in [1.807, 2.05) is 0 Å². The van der Waals surface area contributed by atoms with Crippen molar-refractivity contribution in [2.75, 3.05) is 39.3 Å². The molecule has 0 unspecified atom stereocenters. The summed E-state index contributed by atoms with van der Waals surface area (Å²) in [6, 6.07) is 0. The maximum Gasteiger partial charge on any atom is 0.317 e. The van der Waals surface area contributed by atoms with Crippen LogP contribution in [0.25, 0.3) is 0 Å². The van der Waals surface area contributed by atoms with Gasteiger partial charge in [-0.05, 0) is 0 Å². The van der Waals surface area contributed by atoms with Gasteiger partial charge in [0, 0.05) is 26.2 Å². The molecule has 16 heavy (non-hydrogen) atoms. The summed E-state index contributed by atoms with van der Waals surface area (Å²) in [5.41, 5.74) is 0. The molecule has 0 atom stereocenters. The number of aliphatic hydroxyl groups is 1. The number of β-amino-alcohol motifs (C(OH)–C–C–N with tert-alkyl or cyclic N) is 1. The SMILES string of the molecule is O=C(O)CN1CCN(CC(=O)O)CC(O)C1.